The van der Waals surface area contributed by atoms with Gasteiger partial charge in [-0.05, 0) is 44.0 Å². The highest BCUT2D eigenvalue weighted by atomic mass is 32.1. The molecule has 1 aliphatic heterocycles. The van der Waals surface area contributed by atoms with E-state index in [1.54, 1.807) is 19.1 Å². The highest BCUT2D eigenvalue weighted by Gasteiger charge is 2.23. The van der Waals surface area contributed by atoms with Crippen molar-refractivity contribution >= 4 is 33.3 Å². The van der Waals surface area contributed by atoms with Crippen LogP contribution in [0.3, 0.4) is 0 Å². The molecular formula is C23H27FN4O3S. The number of anilines is 1. The summed E-state index contributed by atoms with van der Waals surface area (Å²) in [7, 11) is 0. The molecule has 3 aromatic rings. The standard InChI is InChI=1S/C23H27FN4O3S/c1-4-31-23(29)20-14(2)19-21(25-15(3)16-5-7-17(24)8-6-16)26-18(27-22(19)32-20)13-28-9-11-30-12-10-28/h5-8,15H,4,9-13H2,1-3H3,(H,25,26,27)/t15-/m0/s1. The number of esters is 1. The molecule has 0 aliphatic carbocycles. The van der Waals surface area contributed by atoms with Gasteiger partial charge in [-0.1, -0.05) is 12.1 Å². The summed E-state index contributed by atoms with van der Waals surface area (Å²) < 4.78 is 24.0. The van der Waals surface area contributed by atoms with Crippen LogP contribution in [0.15, 0.2) is 24.3 Å². The molecular weight excluding hydrogens is 431 g/mol. The van der Waals surface area contributed by atoms with Crippen molar-refractivity contribution in [3.05, 3.63) is 51.9 Å². The average Bonchev–Trinajstić information content (AvgIpc) is 3.11. The Kier molecular flexibility index (Phi) is 6.98. The van der Waals surface area contributed by atoms with Crippen LogP contribution in [0, 0.1) is 12.7 Å². The van der Waals surface area contributed by atoms with Crippen LogP contribution in [0.25, 0.3) is 10.2 Å². The van der Waals surface area contributed by atoms with Gasteiger partial charge in [0.25, 0.3) is 0 Å². The Morgan fingerprint density at radius 1 is 1.28 bits per heavy atom. The molecule has 0 bridgehead atoms. The molecule has 9 heteroatoms. The van der Waals surface area contributed by atoms with Gasteiger partial charge in [-0.15, -0.1) is 11.3 Å². The molecule has 0 amide bonds. The number of ether oxygens (including phenoxy) is 2. The Bertz CT molecular complexity index is 1100. The lowest BCUT2D eigenvalue weighted by atomic mass is 10.1. The maximum Gasteiger partial charge on any atom is 0.348 e. The van der Waals surface area contributed by atoms with Gasteiger partial charge in [-0.2, -0.15) is 0 Å². The number of fused-ring (bicyclic) bond motifs is 1. The molecule has 0 radical (unpaired) electrons. The molecule has 0 spiro atoms. The molecule has 1 N–H and O–H groups in total. The lowest BCUT2D eigenvalue weighted by Crippen LogP contribution is -2.36. The lowest BCUT2D eigenvalue weighted by Gasteiger charge is -2.26. The van der Waals surface area contributed by atoms with Crippen molar-refractivity contribution in [3.8, 4) is 0 Å². The summed E-state index contributed by atoms with van der Waals surface area (Å²) in [5.74, 6) is 0.732. The maximum atomic E-state index is 13.4. The van der Waals surface area contributed by atoms with Crippen molar-refractivity contribution in [2.45, 2.75) is 33.4 Å². The molecule has 1 aromatic carbocycles. The zero-order valence-corrected chi connectivity index (χ0v) is 19.3. The Balaban J connectivity index is 1.72. The molecule has 0 saturated carbocycles. The first-order chi connectivity index (χ1) is 15.5. The van der Waals surface area contributed by atoms with Crippen molar-refractivity contribution in [3.63, 3.8) is 0 Å². The molecule has 0 unspecified atom stereocenters. The van der Waals surface area contributed by atoms with E-state index >= 15 is 0 Å². The number of hydrogen-bond acceptors (Lipinski definition) is 8. The Labute approximate surface area is 190 Å². The lowest BCUT2D eigenvalue weighted by molar-refractivity contribution is 0.0331. The predicted octanol–water partition coefficient (Wildman–Crippen LogP) is 4.32. The number of morpholine rings is 1. The SMILES string of the molecule is CCOC(=O)c1sc2nc(CN3CCOCC3)nc(N[C@@H](C)c3ccc(F)cc3)c2c1C. The van der Waals surface area contributed by atoms with E-state index < -0.39 is 0 Å². The quantitative estimate of drug-likeness (QED) is 0.529. The van der Waals surface area contributed by atoms with E-state index in [1.807, 2.05) is 13.8 Å². The van der Waals surface area contributed by atoms with Gasteiger partial charge in [0, 0.05) is 19.1 Å². The fraction of sp³-hybridized carbons (Fsp3) is 0.435. The predicted molar refractivity (Wildman–Crippen MR) is 123 cm³/mol. The summed E-state index contributed by atoms with van der Waals surface area (Å²) >= 11 is 1.33. The molecule has 1 atom stereocenters. The molecule has 1 fully saturated rings. The smallest absolute Gasteiger partial charge is 0.348 e. The third-order valence-corrected chi connectivity index (χ3v) is 6.65. The van der Waals surface area contributed by atoms with E-state index in [0.717, 1.165) is 34.4 Å². The van der Waals surface area contributed by atoms with Gasteiger partial charge in [0.05, 0.1) is 31.8 Å². The number of rotatable bonds is 7. The summed E-state index contributed by atoms with van der Waals surface area (Å²) in [6.07, 6.45) is 0. The number of nitrogens with zero attached hydrogens (tertiary/aromatic N) is 3. The highest BCUT2D eigenvalue weighted by Crippen LogP contribution is 2.36. The minimum Gasteiger partial charge on any atom is -0.462 e. The highest BCUT2D eigenvalue weighted by molar-refractivity contribution is 7.20. The van der Waals surface area contributed by atoms with Crippen LogP contribution in [-0.4, -0.2) is 53.7 Å². The van der Waals surface area contributed by atoms with Gasteiger partial charge in [-0.3, -0.25) is 4.90 Å². The summed E-state index contributed by atoms with van der Waals surface area (Å²) in [5, 5.41) is 4.28. The molecule has 3 heterocycles. The normalized spacial score (nSPS) is 15.6. The number of nitrogens with one attached hydrogen (secondary N) is 1. The van der Waals surface area contributed by atoms with E-state index in [1.165, 1.54) is 23.5 Å². The molecule has 7 nitrogen and oxygen atoms in total. The molecule has 32 heavy (non-hydrogen) atoms. The monoisotopic (exact) mass is 458 g/mol. The average molecular weight is 459 g/mol. The zero-order valence-electron chi connectivity index (χ0n) is 18.5. The second-order valence-corrected chi connectivity index (χ2v) is 8.75. The van der Waals surface area contributed by atoms with Crippen molar-refractivity contribution < 1.29 is 18.7 Å². The summed E-state index contributed by atoms with van der Waals surface area (Å²) in [6, 6.07) is 6.29. The van der Waals surface area contributed by atoms with Gasteiger partial charge in [0.2, 0.25) is 0 Å². The number of carbonyl (C=O) groups excluding carboxylic acids is 1. The fourth-order valence-corrected chi connectivity index (χ4v) is 4.84. The summed E-state index contributed by atoms with van der Waals surface area (Å²) in [6.45, 7) is 9.64. The topological polar surface area (TPSA) is 76.6 Å². The van der Waals surface area contributed by atoms with Crippen LogP contribution in [0.4, 0.5) is 10.2 Å². The van der Waals surface area contributed by atoms with Crippen molar-refractivity contribution in [1.29, 1.82) is 0 Å². The van der Waals surface area contributed by atoms with Crippen molar-refractivity contribution in [2.75, 3.05) is 38.2 Å². The van der Waals surface area contributed by atoms with E-state index in [0.29, 0.717) is 42.9 Å². The van der Waals surface area contributed by atoms with Gasteiger partial charge in [0.15, 0.2) is 0 Å². The number of halogens is 1. The van der Waals surface area contributed by atoms with Crippen molar-refractivity contribution in [2.24, 2.45) is 0 Å². The Morgan fingerprint density at radius 3 is 2.69 bits per heavy atom. The van der Waals surface area contributed by atoms with Crippen LogP contribution in [0.1, 0.15) is 46.5 Å². The number of carbonyl (C=O) groups is 1. The fourth-order valence-electron chi connectivity index (χ4n) is 3.75. The van der Waals surface area contributed by atoms with Gasteiger partial charge >= 0.3 is 5.97 Å². The number of hydrogen-bond donors (Lipinski definition) is 1. The first kappa shape index (κ1) is 22.6. The third-order valence-electron chi connectivity index (χ3n) is 5.49. The first-order valence-corrected chi connectivity index (χ1v) is 11.6. The molecule has 170 valence electrons. The van der Waals surface area contributed by atoms with Gasteiger partial charge in [0.1, 0.15) is 27.2 Å². The van der Waals surface area contributed by atoms with E-state index in [9.17, 15) is 9.18 Å². The van der Waals surface area contributed by atoms with Crippen LogP contribution < -0.4 is 5.32 Å². The van der Waals surface area contributed by atoms with E-state index in [4.69, 9.17) is 19.4 Å². The van der Waals surface area contributed by atoms with Crippen LogP contribution >= 0.6 is 11.3 Å². The van der Waals surface area contributed by atoms with E-state index in [-0.39, 0.29) is 17.8 Å². The minimum absolute atomic E-state index is 0.115. The minimum atomic E-state index is -0.347. The van der Waals surface area contributed by atoms with Crippen LogP contribution in [0.5, 0.6) is 0 Å². The second kappa shape index (κ2) is 9.89. The van der Waals surface area contributed by atoms with E-state index in [2.05, 4.69) is 10.2 Å². The molecule has 4 rings (SSSR count). The zero-order chi connectivity index (χ0) is 22.7. The van der Waals surface area contributed by atoms with Gasteiger partial charge < -0.3 is 14.8 Å². The Morgan fingerprint density at radius 2 is 2.00 bits per heavy atom. The first-order valence-electron chi connectivity index (χ1n) is 10.8. The van der Waals surface area contributed by atoms with Gasteiger partial charge in [-0.25, -0.2) is 19.2 Å². The van der Waals surface area contributed by atoms with Crippen LogP contribution in [0.2, 0.25) is 0 Å². The number of aryl methyl sites for hydroxylation is 1. The summed E-state index contributed by atoms with van der Waals surface area (Å²) in [4.78, 5) is 25.6. The number of thiophene rings is 1. The number of aromatic nitrogens is 2. The second-order valence-electron chi connectivity index (χ2n) is 7.75. The van der Waals surface area contributed by atoms with Crippen LogP contribution in [-0.2, 0) is 16.0 Å². The van der Waals surface area contributed by atoms with Crippen molar-refractivity contribution in [1.82, 2.24) is 14.9 Å². The third kappa shape index (κ3) is 4.90. The molecule has 2 aromatic heterocycles. The Hall–Kier alpha value is -2.62. The number of benzene rings is 1. The molecule has 1 saturated heterocycles. The maximum absolute atomic E-state index is 13.4. The summed E-state index contributed by atoms with van der Waals surface area (Å²) in [5.41, 5.74) is 1.74. The largest absolute Gasteiger partial charge is 0.462 e. The molecule has 1 aliphatic rings.